The van der Waals surface area contributed by atoms with Gasteiger partial charge in [-0.1, -0.05) is 18.5 Å². The molecule has 6 heteroatoms. The molecule has 0 fully saturated rings. The minimum absolute atomic E-state index is 0.295. The second-order valence-electron chi connectivity index (χ2n) is 3.64. The molecule has 0 radical (unpaired) electrons. The summed E-state index contributed by atoms with van der Waals surface area (Å²) in [5, 5.41) is 0.295. The Morgan fingerprint density at radius 2 is 2.12 bits per heavy atom. The molecule has 4 N–H and O–H groups in total. The van der Waals surface area contributed by atoms with Gasteiger partial charge >= 0.3 is 0 Å². The average Bonchev–Trinajstić information content (AvgIpc) is 2.54. The van der Waals surface area contributed by atoms with Crippen LogP contribution in [0.2, 0.25) is 5.02 Å². The van der Waals surface area contributed by atoms with Crippen molar-refractivity contribution in [1.82, 2.24) is 9.66 Å². The van der Waals surface area contributed by atoms with Crippen molar-refractivity contribution in [2.75, 3.05) is 11.6 Å². The lowest BCUT2D eigenvalue weighted by atomic mass is 10.1. The minimum Gasteiger partial charge on any atom is -0.382 e. The van der Waals surface area contributed by atoms with Gasteiger partial charge in [0, 0.05) is 17.0 Å². The first-order valence-corrected chi connectivity index (χ1v) is 5.49. The SMILES string of the molecule is CCc1nc(-c2cc(F)cc(Cl)c2)c(N)n1N. The summed E-state index contributed by atoms with van der Waals surface area (Å²) in [6.07, 6.45) is 0.643. The van der Waals surface area contributed by atoms with Gasteiger partial charge in [-0.05, 0) is 18.2 Å². The maximum atomic E-state index is 13.2. The monoisotopic (exact) mass is 254 g/mol. The second kappa shape index (κ2) is 4.25. The van der Waals surface area contributed by atoms with E-state index in [4.69, 9.17) is 23.2 Å². The van der Waals surface area contributed by atoms with E-state index in [2.05, 4.69) is 4.98 Å². The van der Waals surface area contributed by atoms with Gasteiger partial charge in [-0.15, -0.1) is 0 Å². The zero-order valence-corrected chi connectivity index (χ0v) is 10.0. The molecule has 90 valence electrons. The number of hydrogen-bond acceptors (Lipinski definition) is 3. The lowest BCUT2D eigenvalue weighted by molar-refractivity contribution is 0.628. The molecular formula is C11H12ClFN4. The molecule has 0 atom stereocenters. The first kappa shape index (κ1) is 11.7. The van der Waals surface area contributed by atoms with E-state index in [0.29, 0.717) is 34.3 Å². The molecule has 0 saturated heterocycles. The molecule has 0 amide bonds. The van der Waals surface area contributed by atoms with Gasteiger partial charge in [0.2, 0.25) is 0 Å². The predicted molar refractivity (Wildman–Crippen MR) is 66.6 cm³/mol. The molecule has 0 saturated carbocycles. The fourth-order valence-corrected chi connectivity index (χ4v) is 1.87. The number of anilines is 1. The van der Waals surface area contributed by atoms with Crippen molar-refractivity contribution in [3.05, 3.63) is 34.9 Å². The zero-order valence-electron chi connectivity index (χ0n) is 9.24. The largest absolute Gasteiger partial charge is 0.382 e. The Bertz CT molecular complexity index is 545. The van der Waals surface area contributed by atoms with Gasteiger partial charge in [0.15, 0.2) is 5.82 Å². The highest BCUT2D eigenvalue weighted by atomic mass is 35.5. The summed E-state index contributed by atoms with van der Waals surface area (Å²) in [4.78, 5) is 4.27. The number of aromatic nitrogens is 2. The highest BCUT2D eigenvalue weighted by Crippen LogP contribution is 2.28. The van der Waals surface area contributed by atoms with Crippen LogP contribution in [-0.2, 0) is 6.42 Å². The van der Waals surface area contributed by atoms with Gasteiger partial charge in [0.1, 0.15) is 17.3 Å². The third kappa shape index (κ3) is 2.06. The predicted octanol–water partition coefficient (Wildman–Crippen LogP) is 2.20. The number of benzene rings is 1. The topological polar surface area (TPSA) is 69.9 Å². The summed E-state index contributed by atoms with van der Waals surface area (Å²) < 4.78 is 14.5. The lowest BCUT2D eigenvalue weighted by Gasteiger charge is -2.01. The van der Waals surface area contributed by atoms with E-state index < -0.39 is 5.82 Å². The molecule has 0 aliphatic rings. The van der Waals surface area contributed by atoms with Crippen LogP contribution in [0.15, 0.2) is 18.2 Å². The van der Waals surface area contributed by atoms with Crippen LogP contribution in [0, 0.1) is 5.82 Å². The lowest BCUT2D eigenvalue weighted by Crippen LogP contribution is -2.14. The molecule has 0 spiro atoms. The van der Waals surface area contributed by atoms with Crippen LogP contribution in [0.4, 0.5) is 10.2 Å². The van der Waals surface area contributed by atoms with E-state index in [0.717, 1.165) is 0 Å². The van der Waals surface area contributed by atoms with Crippen LogP contribution >= 0.6 is 11.6 Å². The molecule has 1 aromatic heterocycles. The number of hydrogen-bond donors (Lipinski definition) is 2. The smallest absolute Gasteiger partial charge is 0.150 e. The Hall–Kier alpha value is -1.75. The zero-order chi connectivity index (χ0) is 12.6. The van der Waals surface area contributed by atoms with Crippen molar-refractivity contribution < 1.29 is 4.39 Å². The van der Waals surface area contributed by atoms with Crippen molar-refractivity contribution >= 4 is 17.4 Å². The Kier molecular flexibility index (Phi) is 2.93. The van der Waals surface area contributed by atoms with E-state index in [9.17, 15) is 4.39 Å². The molecule has 0 bridgehead atoms. The first-order chi connectivity index (χ1) is 8.02. The quantitative estimate of drug-likeness (QED) is 0.807. The van der Waals surface area contributed by atoms with E-state index in [-0.39, 0.29) is 0 Å². The molecule has 2 rings (SSSR count). The summed E-state index contributed by atoms with van der Waals surface area (Å²) in [5.41, 5.74) is 6.79. The van der Waals surface area contributed by atoms with Crippen molar-refractivity contribution in [3.8, 4) is 11.3 Å². The maximum Gasteiger partial charge on any atom is 0.150 e. The van der Waals surface area contributed by atoms with Gasteiger partial charge in [-0.2, -0.15) is 0 Å². The fourth-order valence-electron chi connectivity index (χ4n) is 1.65. The minimum atomic E-state index is -0.434. The van der Waals surface area contributed by atoms with E-state index in [1.54, 1.807) is 6.07 Å². The Balaban J connectivity index is 2.60. The average molecular weight is 255 g/mol. The molecule has 0 aliphatic heterocycles. The molecular weight excluding hydrogens is 243 g/mol. The molecule has 0 unspecified atom stereocenters. The number of imidazole rings is 1. The Labute approximate surface area is 103 Å². The van der Waals surface area contributed by atoms with Crippen molar-refractivity contribution in [2.24, 2.45) is 0 Å². The third-order valence-corrected chi connectivity index (χ3v) is 2.69. The number of rotatable bonds is 2. The van der Waals surface area contributed by atoms with E-state index in [1.165, 1.54) is 16.8 Å². The molecule has 1 heterocycles. The van der Waals surface area contributed by atoms with Crippen molar-refractivity contribution in [2.45, 2.75) is 13.3 Å². The highest BCUT2D eigenvalue weighted by Gasteiger charge is 2.14. The fraction of sp³-hybridized carbons (Fsp3) is 0.182. The van der Waals surface area contributed by atoms with Crippen molar-refractivity contribution in [3.63, 3.8) is 0 Å². The number of halogens is 2. The standard InChI is InChI=1S/C11H12ClFN4/c1-2-9-16-10(11(14)17(9)15)6-3-7(12)5-8(13)4-6/h3-5H,2,14-15H2,1H3. The third-order valence-electron chi connectivity index (χ3n) is 2.47. The summed E-state index contributed by atoms with van der Waals surface area (Å²) in [6.45, 7) is 1.91. The molecule has 17 heavy (non-hydrogen) atoms. The Morgan fingerprint density at radius 1 is 1.41 bits per heavy atom. The van der Waals surface area contributed by atoms with Crippen LogP contribution < -0.4 is 11.6 Å². The van der Waals surface area contributed by atoms with Crippen LogP contribution in [-0.4, -0.2) is 9.66 Å². The number of aryl methyl sites for hydroxylation is 1. The summed E-state index contributed by atoms with van der Waals surface area (Å²) in [7, 11) is 0. The molecule has 0 aliphatic carbocycles. The van der Waals surface area contributed by atoms with Gasteiger partial charge in [0.05, 0.1) is 0 Å². The number of nitrogens with two attached hydrogens (primary N) is 2. The maximum absolute atomic E-state index is 13.2. The molecule has 2 aromatic rings. The number of nitrogens with zero attached hydrogens (tertiary/aromatic N) is 2. The first-order valence-electron chi connectivity index (χ1n) is 5.11. The van der Waals surface area contributed by atoms with Crippen molar-refractivity contribution in [1.29, 1.82) is 0 Å². The summed E-state index contributed by atoms with van der Waals surface area (Å²) in [6, 6.07) is 4.15. The normalized spacial score (nSPS) is 10.8. The number of nitrogen functional groups attached to an aromatic ring is 2. The van der Waals surface area contributed by atoms with Crippen LogP contribution in [0.1, 0.15) is 12.7 Å². The van der Waals surface area contributed by atoms with Crippen LogP contribution in [0.3, 0.4) is 0 Å². The van der Waals surface area contributed by atoms with Gasteiger partial charge in [-0.3, -0.25) is 0 Å². The van der Waals surface area contributed by atoms with Crippen LogP contribution in [0.5, 0.6) is 0 Å². The van der Waals surface area contributed by atoms with Gasteiger partial charge < -0.3 is 11.6 Å². The van der Waals surface area contributed by atoms with E-state index >= 15 is 0 Å². The summed E-state index contributed by atoms with van der Waals surface area (Å²) >= 11 is 5.79. The highest BCUT2D eigenvalue weighted by molar-refractivity contribution is 6.30. The summed E-state index contributed by atoms with van der Waals surface area (Å²) in [5.74, 6) is 6.23. The Morgan fingerprint density at radius 3 is 2.65 bits per heavy atom. The van der Waals surface area contributed by atoms with E-state index in [1.807, 2.05) is 6.92 Å². The molecule has 4 nitrogen and oxygen atoms in total. The van der Waals surface area contributed by atoms with Gasteiger partial charge in [0.25, 0.3) is 0 Å². The second-order valence-corrected chi connectivity index (χ2v) is 4.08. The van der Waals surface area contributed by atoms with Crippen LogP contribution in [0.25, 0.3) is 11.3 Å². The molecule has 1 aromatic carbocycles. The van der Waals surface area contributed by atoms with Gasteiger partial charge in [-0.25, -0.2) is 14.1 Å².